The number of sulfonamides is 1. The highest BCUT2D eigenvalue weighted by Crippen LogP contribution is 2.28. The van der Waals surface area contributed by atoms with Gasteiger partial charge >= 0.3 is 11.8 Å². The topological polar surface area (TPSA) is 95.6 Å². The molecule has 3 rings (SSSR count). The van der Waals surface area contributed by atoms with Crippen LogP contribution in [0.15, 0.2) is 53.4 Å². The Morgan fingerprint density at radius 3 is 2.55 bits per heavy atom. The second-order valence-electron chi connectivity index (χ2n) is 7.54. The number of rotatable bonds is 6. The Kier molecular flexibility index (Phi) is 7.40. The third kappa shape index (κ3) is 5.68. The molecule has 166 valence electrons. The van der Waals surface area contributed by atoms with E-state index >= 15 is 0 Å². The van der Waals surface area contributed by atoms with Crippen LogP contribution >= 0.6 is 0 Å². The Labute approximate surface area is 181 Å². The van der Waals surface area contributed by atoms with Gasteiger partial charge in [0.15, 0.2) is 0 Å². The third-order valence-electron chi connectivity index (χ3n) is 5.30. The van der Waals surface area contributed by atoms with Crippen molar-refractivity contribution < 1.29 is 22.4 Å². The predicted octanol–water partition coefficient (Wildman–Crippen LogP) is 2.82. The molecule has 31 heavy (non-hydrogen) atoms. The lowest BCUT2D eigenvalue weighted by Crippen LogP contribution is -2.46. The first kappa shape index (κ1) is 22.9. The molecule has 1 heterocycles. The Morgan fingerprint density at radius 2 is 1.84 bits per heavy atom. The van der Waals surface area contributed by atoms with Crippen LogP contribution in [0.5, 0.6) is 0 Å². The zero-order valence-corrected chi connectivity index (χ0v) is 18.1. The molecule has 0 aromatic heterocycles. The first-order valence-corrected chi connectivity index (χ1v) is 11.7. The fraction of sp³-hybridized carbons (Fsp3) is 0.364. The van der Waals surface area contributed by atoms with E-state index in [9.17, 15) is 22.4 Å². The number of benzene rings is 2. The lowest BCUT2D eigenvalue weighted by molar-refractivity contribution is -0.136. The number of hydrogen-bond acceptors (Lipinski definition) is 4. The van der Waals surface area contributed by atoms with Gasteiger partial charge in [0.1, 0.15) is 5.82 Å². The molecule has 2 aromatic carbocycles. The summed E-state index contributed by atoms with van der Waals surface area (Å²) in [5.41, 5.74) is 0.872. The molecule has 2 aromatic rings. The smallest absolute Gasteiger partial charge is 0.313 e. The number of hydrogen-bond donors (Lipinski definition) is 2. The summed E-state index contributed by atoms with van der Waals surface area (Å²) in [6.07, 6.45) is 2.65. The van der Waals surface area contributed by atoms with E-state index in [4.69, 9.17) is 0 Å². The van der Waals surface area contributed by atoms with Gasteiger partial charge < -0.3 is 10.6 Å². The van der Waals surface area contributed by atoms with Gasteiger partial charge in [0.2, 0.25) is 10.0 Å². The van der Waals surface area contributed by atoms with Gasteiger partial charge in [0.25, 0.3) is 0 Å². The van der Waals surface area contributed by atoms with Crippen molar-refractivity contribution in [3.05, 3.63) is 59.9 Å². The van der Waals surface area contributed by atoms with E-state index in [2.05, 4.69) is 10.6 Å². The lowest BCUT2D eigenvalue weighted by Gasteiger charge is -2.35. The Balaban J connectivity index is 1.61. The maximum atomic E-state index is 13.4. The van der Waals surface area contributed by atoms with E-state index in [1.54, 1.807) is 37.3 Å². The summed E-state index contributed by atoms with van der Waals surface area (Å²) < 4.78 is 41.2. The van der Waals surface area contributed by atoms with E-state index in [0.717, 1.165) is 18.9 Å². The minimum Gasteiger partial charge on any atom is -0.348 e. The molecule has 0 spiro atoms. The van der Waals surface area contributed by atoms with E-state index in [1.165, 1.54) is 16.4 Å². The summed E-state index contributed by atoms with van der Waals surface area (Å²) in [4.78, 5) is 24.2. The van der Waals surface area contributed by atoms with Crippen LogP contribution in [0.25, 0.3) is 0 Å². The van der Waals surface area contributed by atoms with E-state index in [-0.39, 0.29) is 17.5 Å². The molecule has 1 atom stereocenters. The maximum Gasteiger partial charge on any atom is 0.313 e. The molecule has 1 fully saturated rings. The fourth-order valence-electron chi connectivity index (χ4n) is 3.75. The number of nitrogens with zero attached hydrogens (tertiary/aromatic N) is 1. The van der Waals surface area contributed by atoms with Crippen molar-refractivity contribution in [1.29, 1.82) is 0 Å². The van der Waals surface area contributed by atoms with Crippen molar-refractivity contribution in [3.8, 4) is 0 Å². The number of carbonyl (C=O) groups excluding carboxylic acids is 2. The molecule has 0 aliphatic carbocycles. The van der Waals surface area contributed by atoms with E-state index in [0.29, 0.717) is 30.6 Å². The van der Waals surface area contributed by atoms with Gasteiger partial charge in [-0.1, -0.05) is 24.6 Å². The van der Waals surface area contributed by atoms with Gasteiger partial charge in [-0.15, -0.1) is 0 Å². The van der Waals surface area contributed by atoms with Gasteiger partial charge in [-0.25, -0.2) is 12.8 Å². The van der Waals surface area contributed by atoms with Crippen LogP contribution in [-0.4, -0.2) is 43.7 Å². The number of carbonyl (C=O) groups is 2. The zero-order chi connectivity index (χ0) is 22.4. The summed E-state index contributed by atoms with van der Waals surface area (Å²) in [6.45, 7) is 2.10. The summed E-state index contributed by atoms with van der Waals surface area (Å²) in [7, 11) is -3.79. The largest absolute Gasteiger partial charge is 0.348 e. The van der Waals surface area contributed by atoms with Crippen LogP contribution in [-0.2, 0) is 19.6 Å². The molecule has 0 radical (unpaired) electrons. The lowest BCUT2D eigenvalue weighted by atomic mass is 10.0. The van der Waals surface area contributed by atoms with Crippen LogP contribution in [0.4, 0.5) is 10.1 Å². The van der Waals surface area contributed by atoms with E-state index in [1.807, 2.05) is 0 Å². The Bertz CT molecular complexity index is 1040. The Morgan fingerprint density at radius 1 is 1.10 bits per heavy atom. The van der Waals surface area contributed by atoms with Crippen molar-refractivity contribution in [3.63, 3.8) is 0 Å². The average Bonchev–Trinajstić information content (AvgIpc) is 2.74. The number of aryl methyl sites for hydroxylation is 1. The van der Waals surface area contributed by atoms with E-state index < -0.39 is 27.7 Å². The molecule has 2 amide bonds. The summed E-state index contributed by atoms with van der Waals surface area (Å²) >= 11 is 0. The standard InChI is InChI=1S/C22H26FN3O4S/c1-16-15-17(23)10-11-20(16)31(29,30)26-14-6-5-9-19(26)12-13-24-21(27)22(28)25-18-7-3-2-4-8-18/h2-4,7-8,10-11,15,19H,5-6,9,12-14H2,1H3,(H,24,27)(H,25,28)/t19-/m1/s1. The molecule has 1 aliphatic rings. The summed E-state index contributed by atoms with van der Waals surface area (Å²) in [6, 6.07) is 12.0. The molecule has 1 aliphatic heterocycles. The number of piperidine rings is 1. The monoisotopic (exact) mass is 447 g/mol. The first-order valence-electron chi connectivity index (χ1n) is 10.2. The van der Waals surface area contributed by atoms with Crippen molar-refractivity contribution in [2.75, 3.05) is 18.4 Å². The SMILES string of the molecule is Cc1cc(F)ccc1S(=O)(=O)N1CCCC[C@@H]1CCNC(=O)C(=O)Nc1ccccc1. The highest BCUT2D eigenvalue weighted by molar-refractivity contribution is 7.89. The average molecular weight is 448 g/mol. The molecule has 2 N–H and O–H groups in total. The van der Waals surface area contributed by atoms with Crippen LogP contribution in [0.3, 0.4) is 0 Å². The summed E-state index contributed by atoms with van der Waals surface area (Å²) in [5.74, 6) is -2.03. The number of amides is 2. The van der Waals surface area contributed by atoms with Gasteiger partial charge in [-0.2, -0.15) is 4.31 Å². The zero-order valence-electron chi connectivity index (χ0n) is 17.3. The second kappa shape index (κ2) is 10.0. The van der Waals surface area contributed by atoms with Gasteiger partial charge in [-0.05, 0) is 62.1 Å². The van der Waals surface area contributed by atoms with Gasteiger partial charge in [0, 0.05) is 24.8 Å². The fourth-order valence-corrected chi connectivity index (χ4v) is 5.68. The van der Waals surface area contributed by atoms with Crippen molar-refractivity contribution >= 4 is 27.5 Å². The molecule has 0 saturated carbocycles. The molecule has 7 nitrogen and oxygen atoms in total. The van der Waals surface area contributed by atoms with Crippen molar-refractivity contribution in [2.24, 2.45) is 0 Å². The quantitative estimate of drug-likeness (QED) is 0.666. The minimum atomic E-state index is -3.79. The predicted molar refractivity (Wildman–Crippen MR) is 115 cm³/mol. The van der Waals surface area contributed by atoms with Crippen LogP contribution in [0.1, 0.15) is 31.2 Å². The first-order chi connectivity index (χ1) is 14.8. The molecule has 0 unspecified atom stereocenters. The van der Waals surface area contributed by atoms with Gasteiger partial charge in [-0.3, -0.25) is 9.59 Å². The minimum absolute atomic E-state index is 0.0899. The second-order valence-corrected chi connectivity index (χ2v) is 9.40. The number of halogens is 1. The molecule has 0 bridgehead atoms. The normalized spacial score (nSPS) is 17.2. The summed E-state index contributed by atoms with van der Waals surface area (Å²) in [5, 5.41) is 5.07. The molecular weight excluding hydrogens is 421 g/mol. The molecule has 9 heteroatoms. The third-order valence-corrected chi connectivity index (χ3v) is 7.41. The molecular formula is C22H26FN3O4S. The number of anilines is 1. The van der Waals surface area contributed by atoms with Crippen LogP contribution < -0.4 is 10.6 Å². The van der Waals surface area contributed by atoms with Crippen molar-refractivity contribution in [2.45, 2.75) is 43.5 Å². The van der Waals surface area contributed by atoms with Crippen LogP contribution in [0, 0.1) is 12.7 Å². The highest BCUT2D eigenvalue weighted by Gasteiger charge is 2.34. The number of para-hydroxylation sites is 1. The Hall–Kier alpha value is -2.78. The molecule has 1 saturated heterocycles. The van der Waals surface area contributed by atoms with Crippen LogP contribution in [0.2, 0.25) is 0 Å². The highest BCUT2D eigenvalue weighted by atomic mass is 32.2. The maximum absolute atomic E-state index is 13.4. The van der Waals surface area contributed by atoms with Crippen molar-refractivity contribution in [1.82, 2.24) is 9.62 Å². The number of nitrogens with one attached hydrogen (secondary N) is 2. The van der Waals surface area contributed by atoms with Gasteiger partial charge in [0.05, 0.1) is 4.90 Å².